The van der Waals surface area contributed by atoms with Crippen molar-refractivity contribution in [1.29, 1.82) is 0 Å². The zero-order valence-corrected chi connectivity index (χ0v) is 12.4. The highest BCUT2D eigenvalue weighted by Crippen LogP contribution is 2.28. The number of hydrogen-bond donors (Lipinski definition) is 2. The lowest BCUT2D eigenvalue weighted by Gasteiger charge is -2.22. The van der Waals surface area contributed by atoms with Crippen molar-refractivity contribution in [1.82, 2.24) is 10.2 Å². The molecule has 5 heteroatoms. The number of halogens is 1. The Morgan fingerprint density at radius 2 is 2.20 bits per heavy atom. The number of carbonyl (C=O) groups is 1. The van der Waals surface area contributed by atoms with Crippen LogP contribution in [0.3, 0.4) is 0 Å². The van der Waals surface area contributed by atoms with Gasteiger partial charge in [0.25, 0.3) is 5.91 Å². The molecular formula is C15H20ClN3O. The van der Waals surface area contributed by atoms with Crippen LogP contribution in [-0.2, 0) is 0 Å². The van der Waals surface area contributed by atoms with Crippen LogP contribution in [0.2, 0.25) is 5.02 Å². The van der Waals surface area contributed by atoms with Crippen molar-refractivity contribution in [2.45, 2.75) is 31.3 Å². The van der Waals surface area contributed by atoms with E-state index in [0.717, 1.165) is 18.7 Å². The summed E-state index contributed by atoms with van der Waals surface area (Å²) >= 11 is 6.01. The lowest BCUT2D eigenvalue weighted by molar-refractivity contribution is 0.0930. The van der Waals surface area contributed by atoms with Crippen LogP contribution in [0.1, 0.15) is 29.6 Å². The minimum absolute atomic E-state index is 0.0319. The molecule has 2 unspecified atom stereocenters. The van der Waals surface area contributed by atoms with Crippen LogP contribution in [0.5, 0.6) is 0 Å². The van der Waals surface area contributed by atoms with E-state index in [4.69, 9.17) is 11.6 Å². The number of fused-ring (bicyclic) bond motifs is 1. The third kappa shape index (κ3) is 2.50. The average Bonchev–Trinajstić information content (AvgIpc) is 3.03. The van der Waals surface area contributed by atoms with Gasteiger partial charge in [-0.2, -0.15) is 0 Å². The lowest BCUT2D eigenvalue weighted by atomic mass is 10.1. The highest BCUT2D eigenvalue weighted by molar-refractivity contribution is 6.31. The van der Waals surface area contributed by atoms with Crippen molar-refractivity contribution < 1.29 is 4.79 Å². The maximum Gasteiger partial charge on any atom is 0.253 e. The maximum absolute atomic E-state index is 12.5. The van der Waals surface area contributed by atoms with E-state index in [9.17, 15) is 4.79 Å². The Labute approximate surface area is 124 Å². The second-order valence-electron chi connectivity index (χ2n) is 5.55. The molecule has 2 aliphatic heterocycles. The maximum atomic E-state index is 12.5. The Bertz CT molecular complexity index is 520. The summed E-state index contributed by atoms with van der Waals surface area (Å²) in [4.78, 5) is 15.0. The molecule has 1 aromatic carbocycles. The molecule has 2 N–H and O–H groups in total. The molecule has 2 atom stereocenters. The molecule has 0 spiro atoms. The number of carbonyl (C=O) groups excluding carboxylic acids is 1. The first-order valence-corrected chi connectivity index (χ1v) is 7.59. The first-order chi connectivity index (χ1) is 9.69. The third-order valence-corrected chi connectivity index (χ3v) is 4.65. The van der Waals surface area contributed by atoms with Gasteiger partial charge in [-0.1, -0.05) is 11.6 Å². The van der Waals surface area contributed by atoms with Crippen molar-refractivity contribution in [3.05, 3.63) is 28.8 Å². The van der Waals surface area contributed by atoms with Crippen molar-refractivity contribution >= 4 is 23.2 Å². The molecule has 1 aromatic rings. The van der Waals surface area contributed by atoms with Gasteiger partial charge in [0.05, 0.1) is 5.56 Å². The molecule has 2 heterocycles. The Balaban J connectivity index is 1.75. The van der Waals surface area contributed by atoms with Gasteiger partial charge in [0.15, 0.2) is 0 Å². The van der Waals surface area contributed by atoms with Crippen LogP contribution in [-0.4, -0.2) is 43.0 Å². The Morgan fingerprint density at radius 3 is 3.00 bits per heavy atom. The number of hydrogen-bond acceptors (Lipinski definition) is 3. The summed E-state index contributed by atoms with van der Waals surface area (Å²) in [6, 6.07) is 6.15. The van der Waals surface area contributed by atoms with Gasteiger partial charge in [-0.25, -0.2) is 0 Å². The van der Waals surface area contributed by atoms with Crippen LogP contribution in [0.4, 0.5) is 5.69 Å². The smallest absolute Gasteiger partial charge is 0.253 e. The van der Waals surface area contributed by atoms with Crippen LogP contribution >= 0.6 is 11.6 Å². The van der Waals surface area contributed by atoms with E-state index < -0.39 is 0 Å². The Morgan fingerprint density at radius 1 is 1.35 bits per heavy atom. The summed E-state index contributed by atoms with van der Waals surface area (Å²) in [6.07, 6.45) is 3.49. The third-order valence-electron chi connectivity index (χ3n) is 4.42. The predicted molar refractivity (Wildman–Crippen MR) is 81.5 cm³/mol. The second kappa shape index (κ2) is 5.62. The molecule has 1 amide bonds. The highest BCUT2D eigenvalue weighted by atomic mass is 35.5. The highest BCUT2D eigenvalue weighted by Gasteiger charge is 2.38. The van der Waals surface area contributed by atoms with Gasteiger partial charge in [-0.3, -0.25) is 9.69 Å². The number of nitrogens with zero attached hydrogens (tertiary/aromatic N) is 1. The summed E-state index contributed by atoms with van der Waals surface area (Å²) in [6.45, 7) is 2.28. The monoisotopic (exact) mass is 293 g/mol. The van der Waals surface area contributed by atoms with Crippen molar-refractivity contribution in [2.75, 3.05) is 25.5 Å². The van der Waals surface area contributed by atoms with Crippen molar-refractivity contribution in [2.24, 2.45) is 0 Å². The van der Waals surface area contributed by atoms with Crippen molar-refractivity contribution in [3.63, 3.8) is 0 Å². The van der Waals surface area contributed by atoms with E-state index in [1.54, 1.807) is 12.1 Å². The molecule has 2 aliphatic rings. The topological polar surface area (TPSA) is 44.4 Å². The molecule has 0 bridgehead atoms. The number of amides is 1. The largest absolute Gasteiger partial charge is 0.387 e. The van der Waals surface area contributed by atoms with Crippen LogP contribution in [0.15, 0.2) is 18.2 Å². The summed E-state index contributed by atoms with van der Waals surface area (Å²) in [5, 5.41) is 6.82. The number of rotatable bonds is 3. The van der Waals surface area contributed by atoms with E-state index in [1.807, 2.05) is 13.1 Å². The van der Waals surface area contributed by atoms with E-state index in [0.29, 0.717) is 16.6 Å². The first-order valence-electron chi connectivity index (χ1n) is 7.21. The van der Waals surface area contributed by atoms with Gasteiger partial charge in [-0.15, -0.1) is 0 Å². The molecule has 0 aliphatic carbocycles. The predicted octanol–water partition coefficient (Wildman–Crippen LogP) is 2.35. The second-order valence-corrected chi connectivity index (χ2v) is 5.99. The van der Waals surface area contributed by atoms with E-state index in [1.165, 1.54) is 19.4 Å². The summed E-state index contributed by atoms with van der Waals surface area (Å²) in [5.74, 6) is -0.0319. The quantitative estimate of drug-likeness (QED) is 0.899. The Hall–Kier alpha value is -1.26. The fourth-order valence-electron chi connectivity index (χ4n) is 3.42. The summed E-state index contributed by atoms with van der Waals surface area (Å²) < 4.78 is 0. The summed E-state index contributed by atoms with van der Waals surface area (Å²) in [5.41, 5.74) is 1.43. The molecule has 108 valence electrons. The molecule has 4 nitrogen and oxygen atoms in total. The molecule has 0 radical (unpaired) electrons. The van der Waals surface area contributed by atoms with Gasteiger partial charge < -0.3 is 10.6 Å². The fraction of sp³-hybridized carbons (Fsp3) is 0.533. The van der Waals surface area contributed by atoms with Crippen LogP contribution < -0.4 is 10.6 Å². The molecule has 2 saturated heterocycles. The molecular weight excluding hydrogens is 274 g/mol. The molecule has 3 rings (SSSR count). The first kappa shape index (κ1) is 13.7. The molecule has 0 aromatic heterocycles. The van der Waals surface area contributed by atoms with Crippen molar-refractivity contribution in [3.8, 4) is 0 Å². The van der Waals surface area contributed by atoms with Crippen LogP contribution in [0, 0.1) is 0 Å². The molecule has 0 saturated carbocycles. The van der Waals surface area contributed by atoms with Crippen LogP contribution in [0.25, 0.3) is 0 Å². The standard InChI is InChI=1S/C15H20ClN3O/c1-17-12-5-4-10(16)9-11(12)15(20)18-13-6-8-19-7-2-3-14(13)19/h4-5,9,13-14,17H,2-3,6-8H2,1H3,(H,18,20). The lowest BCUT2D eigenvalue weighted by Crippen LogP contribution is -2.42. The Kier molecular flexibility index (Phi) is 3.85. The molecule has 20 heavy (non-hydrogen) atoms. The number of benzene rings is 1. The van der Waals surface area contributed by atoms with Gasteiger partial charge in [0, 0.05) is 36.4 Å². The normalized spacial score (nSPS) is 25.5. The fourth-order valence-corrected chi connectivity index (χ4v) is 3.59. The van der Waals surface area contributed by atoms with E-state index in [-0.39, 0.29) is 11.9 Å². The summed E-state index contributed by atoms with van der Waals surface area (Å²) in [7, 11) is 1.81. The minimum atomic E-state index is -0.0319. The zero-order valence-electron chi connectivity index (χ0n) is 11.7. The SMILES string of the molecule is CNc1ccc(Cl)cc1C(=O)NC1CCN2CCCC12. The van der Waals surface area contributed by atoms with Gasteiger partial charge in [0.1, 0.15) is 0 Å². The van der Waals surface area contributed by atoms with Gasteiger partial charge in [0.2, 0.25) is 0 Å². The number of nitrogens with one attached hydrogen (secondary N) is 2. The van der Waals surface area contributed by atoms with E-state index >= 15 is 0 Å². The van der Waals surface area contributed by atoms with Gasteiger partial charge >= 0.3 is 0 Å². The number of anilines is 1. The van der Waals surface area contributed by atoms with E-state index in [2.05, 4.69) is 15.5 Å². The zero-order chi connectivity index (χ0) is 14.1. The molecule has 2 fully saturated rings. The average molecular weight is 294 g/mol. The van der Waals surface area contributed by atoms with Gasteiger partial charge in [-0.05, 0) is 44.0 Å². The minimum Gasteiger partial charge on any atom is -0.387 e.